The molecule has 0 bridgehead atoms. The summed E-state index contributed by atoms with van der Waals surface area (Å²) in [5.41, 5.74) is -2.43. The Morgan fingerprint density at radius 2 is 1.74 bits per heavy atom. The van der Waals surface area contributed by atoms with Crippen LogP contribution in [0.1, 0.15) is 13.8 Å². The van der Waals surface area contributed by atoms with Gasteiger partial charge in [-0.15, -0.1) is 0 Å². The van der Waals surface area contributed by atoms with Crippen LogP contribution in [0.3, 0.4) is 0 Å². The average Bonchev–Trinajstić information content (AvgIpc) is 2.19. The fraction of sp³-hybridized carbons (Fsp3) is 0.700. The van der Waals surface area contributed by atoms with Gasteiger partial charge in [0.1, 0.15) is 12.3 Å². The first-order valence-electron chi connectivity index (χ1n) is 5.05. The quantitative estimate of drug-likeness (QED) is 0.282. The second-order valence-corrected chi connectivity index (χ2v) is 4.25. The van der Waals surface area contributed by atoms with E-state index in [4.69, 9.17) is 0 Å². The number of carbonyl (C=O) groups is 3. The molecule has 0 radical (unpaired) electrons. The van der Waals surface area contributed by atoms with E-state index in [1.807, 2.05) is 0 Å². The summed E-state index contributed by atoms with van der Waals surface area (Å²) in [6, 6.07) is 0. The zero-order valence-corrected chi connectivity index (χ0v) is 15.8. The molecule has 0 N–H and O–H groups in total. The van der Waals surface area contributed by atoms with E-state index >= 15 is 0 Å². The Bertz CT molecular complexity index is 359. The van der Waals surface area contributed by atoms with Crippen LogP contribution in [0, 0.1) is 11.8 Å². The molecule has 0 aromatic rings. The molecular weight excluding hydrogens is 276 g/mol. The Labute approximate surface area is 155 Å². The van der Waals surface area contributed by atoms with Crippen molar-refractivity contribution in [2.45, 2.75) is 19.4 Å². The van der Waals surface area contributed by atoms with Crippen LogP contribution in [0.5, 0.6) is 0 Å². The van der Waals surface area contributed by atoms with E-state index in [1.54, 1.807) is 13.8 Å². The minimum atomic E-state index is -2.43. The van der Waals surface area contributed by atoms with Crippen molar-refractivity contribution in [3.8, 4) is 0 Å². The molecular formula is C10H13NNa2O6. The van der Waals surface area contributed by atoms with Crippen molar-refractivity contribution in [3.63, 3.8) is 0 Å². The summed E-state index contributed by atoms with van der Waals surface area (Å²) < 4.78 is 4.62. The van der Waals surface area contributed by atoms with Gasteiger partial charge in [-0.1, -0.05) is 13.8 Å². The number of carbonyl (C=O) groups excluding carboxylic acids is 3. The predicted molar refractivity (Wildman–Crippen MR) is 49.8 cm³/mol. The average molecular weight is 289 g/mol. The van der Waals surface area contributed by atoms with E-state index in [0.29, 0.717) is 4.90 Å². The van der Waals surface area contributed by atoms with Crippen molar-refractivity contribution in [3.05, 3.63) is 0 Å². The van der Waals surface area contributed by atoms with E-state index in [-0.39, 0.29) is 59.1 Å². The molecule has 1 amide bonds. The number of ether oxygens (including phenoxy) is 1. The largest absolute Gasteiger partial charge is 1.00 e. The van der Waals surface area contributed by atoms with Crippen molar-refractivity contribution < 1.29 is 88.4 Å². The molecule has 1 aliphatic rings. The van der Waals surface area contributed by atoms with Crippen molar-refractivity contribution >= 4 is 17.8 Å². The van der Waals surface area contributed by atoms with Crippen molar-refractivity contribution in [1.29, 1.82) is 0 Å². The number of amides is 1. The van der Waals surface area contributed by atoms with Crippen LogP contribution >= 0.6 is 0 Å². The molecule has 1 heterocycles. The van der Waals surface area contributed by atoms with Gasteiger partial charge in [-0.05, 0) is 5.92 Å². The number of hydrogen-bond donors (Lipinski definition) is 0. The maximum absolute atomic E-state index is 11.7. The molecule has 0 aromatic heterocycles. The molecule has 1 unspecified atom stereocenters. The van der Waals surface area contributed by atoms with Crippen LogP contribution in [0.25, 0.3) is 0 Å². The third kappa shape index (κ3) is 3.18. The van der Waals surface area contributed by atoms with E-state index in [9.17, 15) is 24.6 Å². The molecule has 1 fully saturated rings. The first kappa shape index (κ1) is 21.7. The summed E-state index contributed by atoms with van der Waals surface area (Å²) in [4.78, 5) is 34.5. The van der Waals surface area contributed by atoms with Gasteiger partial charge in [-0.25, -0.2) is 0 Å². The number of likely N-dealkylation sites (tertiary alicyclic amines) is 1. The molecule has 0 aromatic carbocycles. The standard InChI is InChI=1S/C10H15NO6.2Na/c1-5(2)6-7(12)11(4-17-3)10(6,8(13)14)9(15)16;;/h5-6H,4H2,1-3H3,(H,13,14)(H,15,16);;/q;2*+1/p-2. The van der Waals surface area contributed by atoms with Crippen LogP contribution < -0.4 is 69.3 Å². The van der Waals surface area contributed by atoms with Crippen LogP contribution in [0.4, 0.5) is 0 Å². The van der Waals surface area contributed by atoms with E-state index in [2.05, 4.69) is 4.74 Å². The third-order valence-electron chi connectivity index (χ3n) is 2.96. The SMILES string of the molecule is COCN1C(=O)C(C(C)C)C1(C(=O)[O-])C(=O)[O-].[Na+].[Na+]. The number of rotatable bonds is 5. The van der Waals surface area contributed by atoms with Crippen LogP contribution in [-0.4, -0.2) is 42.1 Å². The monoisotopic (exact) mass is 289 g/mol. The van der Waals surface area contributed by atoms with Crippen molar-refractivity contribution in [1.82, 2.24) is 4.90 Å². The Morgan fingerprint density at radius 3 is 2.00 bits per heavy atom. The molecule has 1 saturated heterocycles. The molecule has 0 spiro atoms. The summed E-state index contributed by atoms with van der Waals surface area (Å²) in [6.07, 6.45) is 0. The van der Waals surface area contributed by atoms with Gasteiger partial charge in [-0.2, -0.15) is 0 Å². The Kier molecular flexibility index (Phi) is 9.09. The van der Waals surface area contributed by atoms with Gasteiger partial charge in [0.2, 0.25) is 5.91 Å². The second kappa shape index (κ2) is 7.97. The molecule has 19 heavy (non-hydrogen) atoms. The van der Waals surface area contributed by atoms with Gasteiger partial charge < -0.3 is 29.4 Å². The Hall–Kier alpha value is 0.370. The maximum atomic E-state index is 11.7. The summed E-state index contributed by atoms with van der Waals surface area (Å²) >= 11 is 0. The summed E-state index contributed by atoms with van der Waals surface area (Å²) in [5.74, 6) is -5.94. The van der Waals surface area contributed by atoms with E-state index in [1.165, 1.54) is 7.11 Å². The number of carboxylic acids is 2. The van der Waals surface area contributed by atoms with Gasteiger partial charge in [0.15, 0.2) is 0 Å². The van der Waals surface area contributed by atoms with Gasteiger partial charge in [-0.3, -0.25) is 4.79 Å². The van der Waals surface area contributed by atoms with E-state index < -0.39 is 42.0 Å². The summed E-state index contributed by atoms with van der Waals surface area (Å²) in [7, 11) is 1.23. The minimum Gasteiger partial charge on any atom is -0.547 e. The molecule has 7 nitrogen and oxygen atoms in total. The normalized spacial score (nSPS) is 20.1. The number of aliphatic carboxylic acids is 2. The molecule has 0 aliphatic carbocycles. The topological polar surface area (TPSA) is 110 Å². The number of hydrogen-bond acceptors (Lipinski definition) is 6. The summed E-state index contributed by atoms with van der Waals surface area (Å²) in [6.45, 7) is 2.70. The van der Waals surface area contributed by atoms with Gasteiger partial charge >= 0.3 is 59.1 Å². The van der Waals surface area contributed by atoms with Gasteiger partial charge in [0, 0.05) is 7.11 Å². The molecule has 1 rings (SSSR count). The number of nitrogens with zero attached hydrogens (tertiary/aromatic N) is 1. The maximum Gasteiger partial charge on any atom is 1.00 e. The molecule has 9 heteroatoms. The van der Waals surface area contributed by atoms with E-state index in [0.717, 1.165) is 0 Å². The Balaban J connectivity index is 0. The third-order valence-corrected chi connectivity index (χ3v) is 2.96. The predicted octanol–water partition coefficient (Wildman–Crippen LogP) is -9.05. The Morgan fingerprint density at radius 1 is 1.32 bits per heavy atom. The van der Waals surface area contributed by atoms with Crippen LogP contribution in [0.15, 0.2) is 0 Å². The van der Waals surface area contributed by atoms with Gasteiger partial charge in [0.25, 0.3) is 0 Å². The van der Waals surface area contributed by atoms with Gasteiger partial charge in [0.05, 0.1) is 17.9 Å². The molecule has 96 valence electrons. The number of β-lactam (4-membered cyclic amide) rings is 1. The fourth-order valence-electron chi connectivity index (χ4n) is 2.24. The smallest absolute Gasteiger partial charge is 0.547 e. The van der Waals surface area contributed by atoms with Crippen LogP contribution in [-0.2, 0) is 19.1 Å². The van der Waals surface area contributed by atoms with Crippen molar-refractivity contribution in [2.24, 2.45) is 11.8 Å². The van der Waals surface area contributed by atoms with Crippen molar-refractivity contribution in [2.75, 3.05) is 13.8 Å². The number of carboxylic acid groups (broad SMARTS) is 2. The first-order valence-corrected chi connectivity index (χ1v) is 5.05. The molecule has 0 saturated carbocycles. The first-order chi connectivity index (χ1) is 7.81. The number of methoxy groups -OCH3 is 1. The summed E-state index contributed by atoms with van der Waals surface area (Å²) in [5, 5.41) is 22.2. The second-order valence-electron chi connectivity index (χ2n) is 4.25. The zero-order valence-electron chi connectivity index (χ0n) is 11.8. The fourth-order valence-corrected chi connectivity index (χ4v) is 2.24. The molecule has 1 atom stereocenters. The van der Waals surface area contributed by atoms with Crippen LogP contribution in [0.2, 0.25) is 0 Å². The zero-order chi connectivity index (χ0) is 13.4. The minimum absolute atomic E-state index is 0. The molecule has 1 aliphatic heterocycles.